The fraction of sp³-hybridized carbons (Fsp3) is 0.241. The molecule has 0 saturated heterocycles. The van der Waals surface area contributed by atoms with E-state index in [9.17, 15) is 9.59 Å². The number of aromatic nitrogens is 2. The summed E-state index contributed by atoms with van der Waals surface area (Å²) in [6.45, 7) is 5.71. The number of amides is 1. The molecule has 1 amide bonds. The quantitative estimate of drug-likeness (QED) is 0.186. The number of anilines is 1. The number of benzene rings is 3. The van der Waals surface area contributed by atoms with Crippen LogP contribution in [-0.4, -0.2) is 35.5 Å². The Balaban J connectivity index is 1.65. The number of rotatable bonds is 9. The van der Waals surface area contributed by atoms with Crippen molar-refractivity contribution in [2.75, 3.05) is 19.0 Å². The summed E-state index contributed by atoms with van der Waals surface area (Å²) in [5, 5.41) is 7.93. The Morgan fingerprint density at radius 3 is 2.60 bits per heavy atom. The first kappa shape index (κ1) is 29.8. The average Bonchev–Trinajstić information content (AvgIpc) is 2.94. The molecule has 208 valence electrons. The molecule has 0 fully saturated rings. The van der Waals surface area contributed by atoms with E-state index in [1.807, 2.05) is 57.2 Å². The highest BCUT2D eigenvalue weighted by Crippen LogP contribution is 2.42. The third-order valence-corrected chi connectivity index (χ3v) is 8.19. The Bertz CT molecular complexity index is 1660. The number of methoxy groups -OCH3 is 1. The summed E-state index contributed by atoms with van der Waals surface area (Å²) >= 11 is 13.5. The minimum Gasteiger partial charge on any atom is -0.493 e. The van der Waals surface area contributed by atoms with Gasteiger partial charge in [0.2, 0.25) is 0 Å². The molecule has 0 bridgehead atoms. The van der Waals surface area contributed by atoms with Gasteiger partial charge in [0, 0.05) is 26.1 Å². The van der Waals surface area contributed by atoms with Crippen LogP contribution in [0, 0.1) is 6.92 Å². The zero-order chi connectivity index (χ0) is 29.0. The van der Waals surface area contributed by atoms with E-state index in [2.05, 4.69) is 42.3 Å². The van der Waals surface area contributed by atoms with Crippen molar-refractivity contribution in [3.63, 3.8) is 0 Å². The van der Waals surface area contributed by atoms with E-state index in [0.717, 1.165) is 16.5 Å². The summed E-state index contributed by atoms with van der Waals surface area (Å²) < 4.78 is 13.8. The van der Waals surface area contributed by atoms with E-state index in [0.29, 0.717) is 38.2 Å². The molecule has 1 N–H and O–H groups in total. The number of hydrogen-bond acceptors (Lipinski definition) is 6. The third kappa shape index (κ3) is 6.56. The van der Waals surface area contributed by atoms with Gasteiger partial charge in [-0.05, 0) is 65.7 Å². The highest BCUT2D eigenvalue weighted by molar-refractivity contribution is 9.10. The Hall–Kier alpha value is -3.21. The predicted molar refractivity (Wildman–Crippen MR) is 166 cm³/mol. The number of carbonyl (C=O) groups is 1. The van der Waals surface area contributed by atoms with Gasteiger partial charge in [-0.15, -0.1) is 0 Å². The van der Waals surface area contributed by atoms with Crippen molar-refractivity contribution in [1.82, 2.24) is 9.66 Å². The van der Waals surface area contributed by atoms with Crippen molar-refractivity contribution in [2.45, 2.75) is 33.1 Å². The standard InChI is InChI=1S/C29H27Br2ClN4O4/c1-5-17(3)28-35-22-11-8-19(30)13-21(22)29(38)36(28)33-14-18-12-23(39-4)27(26(32)25(18)31)40-15-24(37)34-20-9-6-16(2)7-10-20/h6-14,17H,5,15H2,1-4H3,(H,34,37)/t17-/m1/s1. The molecule has 0 spiro atoms. The second kappa shape index (κ2) is 13.0. The normalized spacial score (nSPS) is 12.1. The lowest BCUT2D eigenvalue weighted by atomic mass is 10.1. The second-order valence-electron chi connectivity index (χ2n) is 9.13. The van der Waals surface area contributed by atoms with Crippen LogP contribution in [0.3, 0.4) is 0 Å². The molecule has 0 aliphatic carbocycles. The molecule has 0 aliphatic rings. The number of nitrogens with zero attached hydrogens (tertiary/aromatic N) is 3. The van der Waals surface area contributed by atoms with Crippen LogP contribution in [0.25, 0.3) is 10.9 Å². The molecule has 1 atom stereocenters. The highest BCUT2D eigenvalue weighted by Gasteiger charge is 2.19. The summed E-state index contributed by atoms with van der Waals surface area (Å²) in [5.74, 6) is 0.680. The molecule has 11 heteroatoms. The minimum absolute atomic E-state index is 0.0127. The maximum atomic E-state index is 13.4. The summed E-state index contributed by atoms with van der Waals surface area (Å²) in [4.78, 5) is 30.6. The van der Waals surface area contributed by atoms with Gasteiger partial charge >= 0.3 is 0 Å². The van der Waals surface area contributed by atoms with Gasteiger partial charge in [-0.2, -0.15) is 9.78 Å². The average molecular weight is 691 g/mol. The van der Waals surface area contributed by atoms with Crippen LogP contribution in [0.4, 0.5) is 5.69 Å². The van der Waals surface area contributed by atoms with Crippen molar-refractivity contribution in [3.05, 3.63) is 89.8 Å². The van der Waals surface area contributed by atoms with Crippen molar-refractivity contribution in [3.8, 4) is 11.5 Å². The first-order valence-electron chi connectivity index (χ1n) is 12.4. The Kier molecular flexibility index (Phi) is 9.65. The van der Waals surface area contributed by atoms with Crippen molar-refractivity contribution >= 4 is 72.2 Å². The second-order valence-corrected chi connectivity index (χ2v) is 11.2. The lowest BCUT2D eigenvalue weighted by molar-refractivity contribution is -0.118. The highest BCUT2D eigenvalue weighted by atomic mass is 79.9. The first-order valence-corrected chi connectivity index (χ1v) is 14.4. The molecular formula is C29H27Br2ClN4O4. The van der Waals surface area contributed by atoms with Gasteiger partial charge in [-0.3, -0.25) is 9.59 Å². The van der Waals surface area contributed by atoms with E-state index in [4.69, 9.17) is 26.1 Å². The molecule has 0 saturated carbocycles. The molecule has 3 aromatic carbocycles. The summed E-state index contributed by atoms with van der Waals surface area (Å²) in [6.07, 6.45) is 2.28. The van der Waals surface area contributed by atoms with Crippen molar-refractivity contribution in [1.29, 1.82) is 0 Å². The van der Waals surface area contributed by atoms with Gasteiger partial charge in [-0.1, -0.05) is 59.1 Å². The van der Waals surface area contributed by atoms with Crippen LogP contribution in [0.1, 0.15) is 43.1 Å². The van der Waals surface area contributed by atoms with Crippen LogP contribution in [0.15, 0.2) is 67.4 Å². The summed E-state index contributed by atoms with van der Waals surface area (Å²) in [5.41, 5.74) is 2.60. The van der Waals surface area contributed by atoms with Crippen LogP contribution in [-0.2, 0) is 4.79 Å². The van der Waals surface area contributed by atoms with E-state index in [1.165, 1.54) is 18.0 Å². The first-order chi connectivity index (χ1) is 19.1. The van der Waals surface area contributed by atoms with Crippen LogP contribution in [0.2, 0.25) is 5.02 Å². The number of fused-ring (bicyclic) bond motifs is 1. The van der Waals surface area contributed by atoms with Crippen LogP contribution >= 0.6 is 43.5 Å². The Labute approximate surface area is 253 Å². The Morgan fingerprint density at radius 1 is 1.20 bits per heavy atom. The zero-order valence-electron chi connectivity index (χ0n) is 22.3. The molecule has 0 radical (unpaired) electrons. The maximum Gasteiger partial charge on any atom is 0.282 e. The molecule has 8 nitrogen and oxygen atoms in total. The zero-order valence-corrected chi connectivity index (χ0v) is 26.2. The lowest BCUT2D eigenvalue weighted by Crippen LogP contribution is -2.23. The van der Waals surface area contributed by atoms with Gasteiger partial charge in [0.05, 0.1) is 24.2 Å². The van der Waals surface area contributed by atoms with Gasteiger partial charge in [0.25, 0.3) is 11.5 Å². The van der Waals surface area contributed by atoms with Crippen molar-refractivity contribution in [2.24, 2.45) is 5.10 Å². The number of aryl methyl sites for hydroxylation is 1. The SMILES string of the molecule is CC[C@@H](C)c1nc2ccc(Br)cc2c(=O)n1N=Cc1cc(OC)c(OCC(=O)Nc2ccc(C)cc2)c(Cl)c1Br. The van der Waals surface area contributed by atoms with E-state index < -0.39 is 0 Å². The predicted octanol–water partition coefficient (Wildman–Crippen LogP) is 7.31. The minimum atomic E-state index is -0.351. The fourth-order valence-corrected chi connectivity index (χ4v) is 4.87. The molecule has 0 aliphatic heterocycles. The maximum absolute atomic E-state index is 13.4. The number of halogens is 3. The fourth-order valence-electron chi connectivity index (χ4n) is 3.86. The van der Waals surface area contributed by atoms with Gasteiger partial charge in [0.15, 0.2) is 18.1 Å². The molecular weight excluding hydrogens is 664 g/mol. The largest absolute Gasteiger partial charge is 0.493 e. The number of ether oxygens (including phenoxy) is 2. The smallest absolute Gasteiger partial charge is 0.282 e. The molecule has 40 heavy (non-hydrogen) atoms. The molecule has 1 heterocycles. The van der Waals surface area contributed by atoms with E-state index in [-0.39, 0.29) is 34.8 Å². The van der Waals surface area contributed by atoms with E-state index >= 15 is 0 Å². The number of nitrogens with one attached hydrogen (secondary N) is 1. The monoisotopic (exact) mass is 688 g/mol. The number of hydrogen-bond donors (Lipinski definition) is 1. The Morgan fingerprint density at radius 2 is 1.93 bits per heavy atom. The molecule has 1 aromatic heterocycles. The van der Waals surface area contributed by atoms with Gasteiger partial charge < -0.3 is 14.8 Å². The number of carbonyl (C=O) groups excluding carboxylic acids is 1. The van der Waals surface area contributed by atoms with Gasteiger partial charge in [0.1, 0.15) is 10.8 Å². The van der Waals surface area contributed by atoms with Gasteiger partial charge in [-0.25, -0.2) is 4.98 Å². The summed E-state index contributed by atoms with van der Waals surface area (Å²) in [6, 6.07) is 14.5. The van der Waals surface area contributed by atoms with Crippen molar-refractivity contribution < 1.29 is 14.3 Å². The topological polar surface area (TPSA) is 94.8 Å². The van der Waals surface area contributed by atoms with Crippen LogP contribution in [0.5, 0.6) is 11.5 Å². The molecule has 4 rings (SSSR count). The summed E-state index contributed by atoms with van der Waals surface area (Å²) in [7, 11) is 1.47. The lowest BCUT2D eigenvalue weighted by Gasteiger charge is -2.16. The molecule has 0 unspecified atom stereocenters. The van der Waals surface area contributed by atoms with Crippen LogP contribution < -0.4 is 20.3 Å². The third-order valence-electron chi connectivity index (χ3n) is 6.26. The molecule has 4 aromatic rings. The van der Waals surface area contributed by atoms with E-state index in [1.54, 1.807) is 12.1 Å².